The molecule has 3 rings (SSSR count). The van der Waals surface area contributed by atoms with Crippen LogP contribution in [0.2, 0.25) is 0 Å². The Balaban J connectivity index is 1.66. The third kappa shape index (κ3) is 3.60. The lowest BCUT2D eigenvalue weighted by molar-refractivity contribution is 0.0515. The average Bonchev–Trinajstić information content (AvgIpc) is 3.05. The molecule has 124 valence electrons. The van der Waals surface area contributed by atoms with Crippen molar-refractivity contribution in [3.63, 3.8) is 0 Å². The summed E-state index contributed by atoms with van der Waals surface area (Å²) in [4.78, 5) is 0. The highest BCUT2D eigenvalue weighted by Crippen LogP contribution is 2.24. The average molecular weight is 323 g/mol. The van der Waals surface area contributed by atoms with E-state index in [1.54, 1.807) is 4.68 Å². The highest BCUT2D eigenvalue weighted by molar-refractivity contribution is 5.40. The first-order valence-corrected chi connectivity index (χ1v) is 7.93. The molecule has 0 spiro atoms. The molecule has 0 amide bonds. The molecule has 6 nitrogen and oxygen atoms in total. The van der Waals surface area contributed by atoms with E-state index >= 15 is 0 Å². The van der Waals surface area contributed by atoms with Gasteiger partial charge in [-0.05, 0) is 48.4 Å². The van der Waals surface area contributed by atoms with E-state index in [-0.39, 0.29) is 0 Å². The van der Waals surface area contributed by atoms with Crippen LogP contribution in [0.4, 0.5) is 5.95 Å². The minimum absolute atomic E-state index is 0.539. The number of rotatable bonds is 6. The summed E-state index contributed by atoms with van der Waals surface area (Å²) in [6, 6.07) is 17.6. The molecule has 2 N–H and O–H groups in total. The Labute approximate surface area is 141 Å². The fourth-order valence-electron chi connectivity index (χ4n) is 2.52. The van der Waals surface area contributed by atoms with Crippen LogP contribution in [0.15, 0.2) is 54.6 Å². The van der Waals surface area contributed by atoms with Gasteiger partial charge in [-0.3, -0.25) is 0 Å². The lowest BCUT2D eigenvalue weighted by Gasteiger charge is -2.24. The maximum absolute atomic E-state index is 10.6. The summed E-state index contributed by atoms with van der Waals surface area (Å²) in [6.45, 7) is 4.40. The Morgan fingerprint density at radius 1 is 1.08 bits per heavy atom. The molecular formula is C18H21N5O. The third-order valence-corrected chi connectivity index (χ3v) is 4.04. The SMILES string of the molecule is Cc1ccc(-n2nnnc2NCCC(C)(O)c2ccccc2)cc1. The minimum Gasteiger partial charge on any atom is -0.385 e. The van der Waals surface area contributed by atoms with E-state index in [4.69, 9.17) is 0 Å². The second-order valence-corrected chi connectivity index (χ2v) is 6.07. The molecule has 0 saturated heterocycles. The van der Waals surface area contributed by atoms with Crippen molar-refractivity contribution in [1.29, 1.82) is 0 Å². The van der Waals surface area contributed by atoms with Gasteiger partial charge in [0.15, 0.2) is 0 Å². The zero-order chi connectivity index (χ0) is 17.0. The van der Waals surface area contributed by atoms with Crippen LogP contribution in [0.1, 0.15) is 24.5 Å². The fourth-order valence-corrected chi connectivity index (χ4v) is 2.52. The van der Waals surface area contributed by atoms with Crippen molar-refractivity contribution in [2.45, 2.75) is 25.9 Å². The first-order valence-electron chi connectivity index (χ1n) is 7.93. The van der Waals surface area contributed by atoms with Crippen LogP contribution in [0.5, 0.6) is 0 Å². The zero-order valence-electron chi connectivity index (χ0n) is 13.8. The summed E-state index contributed by atoms with van der Waals surface area (Å²) < 4.78 is 1.65. The summed E-state index contributed by atoms with van der Waals surface area (Å²) in [5.74, 6) is 0.558. The quantitative estimate of drug-likeness (QED) is 0.729. The van der Waals surface area contributed by atoms with Crippen LogP contribution in [-0.4, -0.2) is 31.9 Å². The molecule has 1 atom stereocenters. The molecule has 0 aliphatic carbocycles. The first-order chi connectivity index (χ1) is 11.6. The number of aromatic nitrogens is 4. The molecule has 0 saturated carbocycles. The van der Waals surface area contributed by atoms with Gasteiger partial charge in [0.25, 0.3) is 0 Å². The van der Waals surface area contributed by atoms with E-state index < -0.39 is 5.60 Å². The number of anilines is 1. The Morgan fingerprint density at radius 3 is 2.50 bits per heavy atom. The standard InChI is InChI=1S/C18H21N5O/c1-14-8-10-16(11-9-14)23-17(20-21-22-23)19-13-12-18(2,24)15-6-4-3-5-7-15/h3-11,24H,12-13H2,1-2H3,(H,19,20,22). The number of benzene rings is 2. The minimum atomic E-state index is -0.906. The smallest absolute Gasteiger partial charge is 0.247 e. The summed E-state index contributed by atoms with van der Waals surface area (Å²) in [6.07, 6.45) is 0.539. The van der Waals surface area contributed by atoms with Crippen LogP contribution >= 0.6 is 0 Å². The van der Waals surface area contributed by atoms with Crippen molar-refractivity contribution in [1.82, 2.24) is 20.2 Å². The molecule has 24 heavy (non-hydrogen) atoms. The van der Waals surface area contributed by atoms with Crippen LogP contribution in [0, 0.1) is 6.92 Å². The van der Waals surface area contributed by atoms with Gasteiger partial charge in [0.2, 0.25) is 5.95 Å². The van der Waals surface area contributed by atoms with Crippen molar-refractivity contribution >= 4 is 5.95 Å². The van der Waals surface area contributed by atoms with Gasteiger partial charge in [-0.25, -0.2) is 0 Å². The highest BCUT2D eigenvalue weighted by atomic mass is 16.3. The van der Waals surface area contributed by atoms with E-state index in [2.05, 4.69) is 20.8 Å². The first kappa shape index (κ1) is 16.1. The van der Waals surface area contributed by atoms with E-state index in [9.17, 15) is 5.11 Å². The second kappa shape index (κ2) is 6.80. The number of aliphatic hydroxyl groups is 1. The maximum atomic E-state index is 10.6. The molecule has 0 radical (unpaired) electrons. The molecule has 0 bridgehead atoms. The van der Waals surface area contributed by atoms with Gasteiger partial charge in [-0.15, -0.1) is 0 Å². The van der Waals surface area contributed by atoms with Gasteiger partial charge in [0.05, 0.1) is 11.3 Å². The van der Waals surface area contributed by atoms with Crippen molar-refractivity contribution < 1.29 is 5.11 Å². The molecule has 0 aliphatic heterocycles. The van der Waals surface area contributed by atoms with Gasteiger partial charge in [0, 0.05) is 6.54 Å². The highest BCUT2D eigenvalue weighted by Gasteiger charge is 2.22. The van der Waals surface area contributed by atoms with Gasteiger partial charge in [-0.1, -0.05) is 53.1 Å². The molecule has 1 aromatic heterocycles. The normalized spacial score (nSPS) is 13.5. The Bertz CT molecular complexity index is 781. The third-order valence-electron chi connectivity index (χ3n) is 4.04. The van der Waals surface area contributed by atoms with Crippen molar-refractivity contribution in [3.05, 3.63) is 65.7 Å². The molecule has 0 aliphatic rings. The molecule has 3 aromatic rings. The summed E-state index contributed by atoms with van der Waals surface area (Å²) in [5, 5.41) is 25.6. The second-order valence-electron chi connectivity index (χ2n) is 6.07. The molecule has 6 heteroatoms. The van der Waals surface area contributed by atoms with Gasteiger partial charge in [0.1, 0.15) is 0 Å². The largest absolute Gasteiger partial charge is 0.385 e. The van der Waals surface area contributed by atoms with E-state index in [0.29, 0.717) is 18.9 Å². The summed E-state index contributed by atoms with van der Waals surface area (Å²) >= 11 is 0. The van der Waals surface area contributed by atoms with Crippen LogP contribution < -0.4 is 5.32 Å². The van der Waals surface area contributed by atoms with E-state index in [1.807, 2.05) is 68.4 Å². The fraction of sp³-hybridized carbons (Fsp3) is 0.278. The Kier molecular flexibility index (Phi) is 4.57. The number of nitrogens with one attached hydrogen (secondary N) is 1. The van der Waals surface area contributed by atoms with Crippen molar-refractivity contribution in [2.75, 3.05) is 11.9 Å². The number of nitrogens with zero attached hydrogens (tertiary/aromatic N) is 4. The molecular weight excluding hydrogens is 302 g/mol. The zero-order valence-corrected chi connectivity index (χ0v) is 13.8. The number of tetrazole rings is 1. The lowest BCUT2D eigenvalue weighted by Crippen LogP contribution is -2.25. The molecule has 0 fully saturated rings. The summed E-state index contributed by atoms with van der Waals surface area (Å²) in [7, 11) is 0. The Hall–Kier alpha value is -2.73. The predicted octanol–water partition coefficient (Wildman–Crippen LogP) is 2.68. The lowest BCUT2D eigenvalue weighted by atomic mass is 9.93. The van der Waals surface area contributed by atoms with Crippen molar-refractivity contribution in [3.8, 4) is 5.69 Å². The van der Waals surface area contributed by atoms with Gasteiger partial charge in [-0.2, -0.15) is 4.68 Å². The summed E-state index contributed by atoms with van der Waals surface area (Å²) in [5.41, 5.74) is 2.06. The Morgan fingerprint density at radius 2 is 1.79 bits per heavy atom. The molecule has 1 heterocycles. The monoisotopic (exact) mass is 323 g/mol. The van der Waals surface area contributed by atoms with Crippen molar-refractivity contribution in [2.24, 2.45) is 0 Å². The van der Waals surface area contributed by atoms with E-state index in [1.165, 1.54) is 5.56 Å². The topological polar surface area (TPSA) is 75.9 Å². The predicted molar refractivity (Wildman–Crippen MR) is 93.0 cm³/mol. The van der Waals surface area contributed by atoms with Gasteiger partial charge < -0.3 is 10.4 Å². The number of aryl methyl sites for hydroxylation is 1. The van der Waals surface area contributed by atoms with Crippen LogP contribution in [-0.2, 0) is 5.60 Å². The van der Waals surface area contributed by atoms with Crippen LogP contribution in [0.25, 0.3) is 5.69 Å². The van der Waals surface area contributed by atoms with Crippen LogP contribution in [0.3, 0.4) is 0 Å². The number of hydrogen-bond donors (Lipinski definition) is 2. The molecule has 2 aromatic carbocycles. The van der Waals surface area contributed by atoms with Gasteiger partial charge >= 0.3 is 0 Å². The number of hydrogen-bond acceptors (Lipinski definition) is 5. The molecule has 1 unspecified atom stereocenters. The van der Waals surface area contributed by atoms with E-state index in [0.717, 1.165) is 11.3 Å². The maximum Gasteiger partial charge on any atom is 0.247 e.